The van der Waals surface area contributed by atoms with Crippen LogP contribution in [0.2, 0.25) is 0 Å². The summed E-state index contributed by atoms with van der Waals surface area (Å²) in [5, 5.41) is 0. The molecule has 0 aromatic rings. The third-order valence-electron chi connectivity index (χ3n) is 14.2. The molecule has 0 aliphatic heterocycles. The Hall–Kier alpha value is -2.11. The molecule has 0 fully saturated rings. The molecular formula is C64H120O6. The standard InChI is InChI=1S/C64H120O6/c1-4-7-10-13-16-19-22-25-27-29-31-32-34-36-38-40-43-45-48-51-54-57-63(66)69-60-61(70-64(67)58-55-52-49-46-41-24-21-18-15-12-9-6-3)59-68-62(65)56-53-50-47-44-42-39-37-35-33-30-28-26-23-20-17-14-11-8-5-2/h17,20,26,28,61H,4-16,18-19,21-25,27,29-60H2,1-3H3/b20-17-,28-26-/t61-/m1/s1. The SMILES string of the molecule is CCCCC/C=C\C/C=C\CCCCCCCCCCCC(=O)OC[C@H](COC(=O)CCCCCCCCCCCCCCCCCCCCCCC)OC(=O)CCCCCCCCCCCCCC. The van der Waals surface area contributed by atoms with Crippen LogP contribution in [0.25, 0.3) is 0 Å². The Labute approximate surface area is 436 Å². The first-order valence-electron chi connectivity index (χ1n) is 31.3. The molecule has 0 heterocycles. The van der Waals surface area contributed by atoms with E-state index in [4.69, 9.17) is 14.2 Å². The van der Waals surface area contributed by atoms with Crippen molar-refractivity contribution < 1.29 is 28.6 Å². The largest absolute Gasteiger partial charge is 0.462 e. The highest BCUT2D eigenvalue weighted by molar-refractivity contribution is 5.71. The predicted octanol–water partition coefficient (Wildman–Crippen LogP) is 21.1. The fourth-order valence-electron chi connectivity index (χ4n) is 9.48. The average Bonchev–Trinajstić information content (AvgIpc) is 3.36. The van der Waals surface area contributed by atoms with Crippen LogP contribution < -0.4 is 0 Å². The second-order valence-electron chi connectivity index (χ2n) is 21.3. The normalized spacial score (nSPS) is 12.1. The monoisotopic (exact) mass is 985 g/mol. The third kappa shape index (κ3) is 56.8. The summed E-state index contributed by atoms with van der Waals surface area (Å²) in [6.07, 6.45) is 70.4. The smallest absolute Gasteiger partial charge is 0.306 e. The number of rotatable bonds is 58. The molecule has 0 aromatic carbocycles. The predicted molar refractivity (Wildman–Crippen MR) is 303 cm³/mol. The Bertz CT molecular complexity index is 1130. The molecule has 0 rings (SSSR count). The molecule has 6 nitrogen and oxygen atoms in total. The fourth-order valence-corrected chi connectivity index (χ4v) is 9.48. The molecule has 70 heavy (non-hydrogen) atoms. The highest BCUT2D eigenvalue weighted by Gasteiger charge is 2.19. The molecule has 0 amide bonds. The van der Waals surface area contributed by atoms with Gasteiger partial charge in [0.1, 0.15) is 13.2 Å². The highest BCUT2D eigenvalue weighted by Crippen LogP contribution is 2.18. The van der Waals surface area contributed by atoms with Crippen LogP contribution in [0.4, 0.5) is 0 Å². The quantitative estimate of drug-likeness (QED) is 0.0261. The number of ether oxygens (including phenoxy) is 3. The van der Waals surface area contributed by atoms with Crippen molar-refractivity contribution in [3.63, 3.8) is 0 Å². The minimum Gasteiger partial charge on any atom is -0.462 e. The van der Waals surface area contributed by atoms with Gasteiger partial charge in [-0.25, -0.2) is 0 Å². The van der Waals surface area contributed by atoms with Crippen molar-refractivity contribution >= 4 is 17.9 Å². The molecule has 0 spiro atoms. The number of hydrogen-bond donors (Lipinski definition) is 0. The first kappa shape index (κ1) is 67.9. The number of esters is 3. The summed E-state index contributed by atoms with van der Waals surface area (Å²) >= 11 is 0. The van der Waals surface area contributed by atoms with Gasteiger partial charge < -0.3 is 14.2 Å². The molecule has 0 unspecified atom stereocenters. The Morgan fingerprint density at radius 3 is 0.814 bits per heavy atom. The van der Waals surface area contributed by atoms with E-state index >= 15 is 0 Å². The van der Waals surface area contributed by atoms with Gasteiger partial charge in [-0.1, -0.05) is 302 Å². The minimum atomic E-state index is -0.768. The van der Waals surface area contributed by atoms with Crippen molar-refractivity contribution in [2.45, 2.75) is 354 Å². The van der Waals surface area contributed by atoms with Gasteiger partial charge in [0.2, 0.25) is 0 Å². The van der Waals surface area contributed by atoms with E-state index in [0.717, 1.165) is 64.2 Å². The van der Waals surface area contributed by atoms with Crippen LogP contribution in [-0.2, 0) is 28.6 Å². The Morgan fingerprint density at radius 2 is 0.514 bits per heavy atom. The summed E-state index contributed by atoms with van der Waals surface area (Å²) in [6.45, 7) is 6.67. The van der Waals surface area contributed by atoms with E-state index in [2.05, 4.69) is 45.1 Å². The molecule has 412 valence electrons. The maximum Gasteiger partial charge on any atom is 0.306 e. The number of unbranched alkanes of at least 4 members (excludes halogenated alkanes) is 43. The molecule has 0 saturated heterocycles. The van der Waals surface area contributed by atoms with Crippen molar-refractivity contribution in [3.05, 3.63) is 24.3 Å². The summed E-state index contributed by atoms with van der Waals surface area (Å²) in [6, 6.07) is 0. The van der Waals surface area contributed by atoms with Crippen LogP contribution >= 0.6 is 0 Å². The third-order valence-corrected chi connectivity index (χ3v) is 14.2. The highest BCUT2D eigenvalue weighted by atomic mass is 16.6. The molecule has 0 bridgehead atoms. The summed E-state index contributed by atoms with van der Waals surface area (Å²) in [5.41, 5.74) is 0. The molecular weight excluding hydrogens is 865 g/mol. The van der Waals surface area contributed by atoms with Crippen LogP contribution in [0.15, 0.2) is 24.3 Å². The van der Waals surface area contributed by atoms with E-state index in [1.807, 2.05) is 0 Å². The van der Waals surface area contributed by atoms with Gasteiger partial charge in [0.15, 0.2) is 6.10 Å². The molecule has 0 radical (unpaired) electrons. The Kier molecular flexibility index (Phi) is 57.7. The first-order valence-corrected chi connectivity index (χ1v) is 31.3. The molecule has 0 aliphatic rings. The molecule has 0 aromatic heterocycles. The summed E-state index contributed by atoms with van der Waals surface area (Å²) in [7, 11) is 0. The second-order valence-corrected chi connectivity index (χ2v) is 21.3. The van der Waals surface area contributed by atoms with E-state index < -0.39 is 6.10 Å². The molecule has 0 N–H and O–H groups in total. The number of hydrogen-bond acceptors (Lipinski definition) is 6. The van der Waals surface area contributed by atoms with Crippen LogP contribution in [0.3, 0.4) is 0 Å². The van der Waals surface area contributed by atoms with Crippen LogP contribution in [0.1, 0.15) is 348 Å². The zero-order chi connectivity index (χ0) is 50.7. The Morgan fingerprint density at radius 1 is 0.286 bits per heavy atom. The summed E-state index contributed by atoms with van der Waals surface area (Å²) in [4.78, 5) is 38.2. The van der Waals surface area contributed by atoms with Gasteiger partial charge in [-0.2, -0.15) is 0 Å². The summed E-state index contributed by atoms with van der Waals surface area (Å²) < 4.78 is 16.9. The number of allylic oxidation sites excluding steroid dienone is 4. The topological polar surface area (TPSA) is 78.9 Å². The van der Waals surface area contributed by atoms with Crippen LogP contribution in [0, 0.1) is 0 Å². The molecule has 6 heteroatoms. The van der Waals surface area contributed by atoms with Gasteiger partial charge in [-0.15, -0.1) is 0 Å². The van der Waals surface area contributed by atoms with E-state index in [-0.39, 0.29) is 31.1 Å². The van der Waals surface area contributed by atoms with Crippen molar-refractivity contribution in [1.29, 1.82) is 0 Å². The lowest BCUT2D eigenvalue weighted by Crippen LogP contribution is -2.30. The van der Waals surface area contributed by atoms with Gasteiger partial charge in [-0.3, -0.25) is 14.4 Å². The lowest BCUT2D eigenvalue weighted by Gasteiger charge is -2.18. The van der Waals surface area contributed by atoms with Crippen molar-refractivity contribution in [2.24, 2.45) is 0 Å². The molecule has 0 saturated carbocycles. The van der Waals surface area contributed by atoms with Gasteiger partial charge in [0.05, 0.1) is 0 Å². The lowest BCUT2D eigenvalue weighted by molar-refractivity contribution is -0.167. The molecule has 0 aliphatic carbocycles. The maximum atomic E-state index is 12.9. The van der Waals surface area contributed by atoms with E-state index in [9.17, 15) is 14.4 Å². The summed E-state index contributed by atoms with van der Waals surface area (Å²) in [5.74, 6) is -0.845. The number of carbonyl (C=O) groups excluding carboxylic acids is 3. The fraction of sp³-hybridized carbons (Fsp3) is 0.891. The van der Waals surface area contributed by atoms with E-state index in [1.165, 1.54) is 244 Å². The van der Waals surface area contributed by atoms with Gasteiger partial charge in [-0.05, 0) is 51.4 Å². The van der Waals surface area contributed by atoms with Gasteiger partial charge >= 0.3 is 17.9 Å². The zero-order valence-corrected chi connectivity index (χ0v) is 47.3. The second kappa shape index (κ2) is 59.5. The van der Waals surface area contributed by atoms with Crippen molar-refractivity contribution in [1.82, 2.24) is 0 Å². The van der Waals surface area contributed by atoms with E-state index in [1.54, 1.807) is 0 Å². The van der Waals surface area contributed by atoms with Crippen molar-refractivity contribution in [2.75, 3.05) is 13.2 Å². The minimum absolute atomic E-state index is 0.0664. The van der Waals surface area contributed by atoms with E-state index in [0.29, 0.717) is 19.3 Å². The number of carbonyl (C=O) groups is 3. The lowest BCUT2D eigenvalue weighted by atomic mass is 10.0. The van der Waals surface area contributed by atoms with Gasteiger partial charge in [0.25, 0.3) is 0 Å². The first-order chi connectivity index (χ1) is 34.5. The maximum absolute atomic E-state index is 12.9. The average molecular weight is 986 g/mol. The molecule has 1 atom stereocenters. The van der Waals surface area contributed by atoms with Crippen LogP contribution in [0.5, 0.6) is 0 Å². The van der Waals surface area contributed by atoms with Crippen LogP contribution in [-0.4, -0.2) is 37.2 Å². The van der Waals surface area contributed by atoms with Crippen molar-refractivity contribution in [3.8, 4) is 0 Å². The van der Waals surface area contributed by atoms with Gasteiger partial charge in [0, 0.05) is 19.3 Å². The zero-order valence-electron chi connectivity index (χ0n) is 47.3. The Balaban J connectivity index is 4.24.